The molecule has 0 heterocycles. The lowest BCUT2D eigenvalue weighted by Crippen LogP contribution is -2.22. The van der Waals surface area contributed by atoms with Crippen molar-refractivity contribution in [3.05, 3.63) is 77.9 Å². The Bertz CT molecular complexity index is 874. The van der Waals surface area contributed by atoms with Crippen molar-refractivity contribution in [3.8, 4) is 5.75 Å². The fraction of sp³-hybridized carbons (Fsp3) is 0.292. The smallest absolute Gasteiger partial charge is 0.216 e. The molecule has 0 spiro atoms. The van der Waals surface area contributed by atoms with Crippen LogP contribution in [0, 0.1) is 0 Å². The van der Waals surface area contributed by atoms with E-state index in [9.17, 15) is 4.79 Å². The van der Waals surface area contributed by atoms with E-state index < -0.39 is 0 Å². The van der Waals surface area contributed by atoms with E-state index >= 15 is 0 Å². The van der Waals surface area contributed by atoms with Gasteiger partial charge in [-0.1, -0.05) is 54.6 Å². The highest BCUT2D eigenvalue weighted by molar-refractivity contribution is 5.87. The van der Waals surface area contributed by atoms with Crippen molar-refractivity contribution < 1.29 is 9.53 Å². The second-order valence-electron chi connectivity index (χ2n) is 6.82. The average Bonchev–Trinajstić information content (AvgIpc) is 2.68. The summed E-state index contributed by atoms with van der Waals surface area (Å²) in [4.78, 5) is 11.1. The number of ether oxygens (including phenoxy) is 1. The van der Waals surface area contributed by atoms with E-state index in [-0.39, 0.29) is 5.91 Å². The Balaban J connectivity index is 1.54. The first-order valence-electron chi connectivity index (χ1n) is 9.65. The van der Waals surface area contributed by atoms with Crippen LogP contribution < -0.4 is 10.1 Å². The number of fused-ring (bicyclic) bond motifs is 1. The van der Waals surface area contributed by atoms with Gasteiger partial charge in [-0.15, -0.1) is 0 Å². The second kappa shape index (κ2) is 9.77. The third kappa shape index (κ3) is 5.85. The topological polar surface area (TPSA) is 38.3 Å². The third-order valence-electron chi connectivity index (χ3n) is 4.68. The van der Waals surface area contributed by atoms with Crippen molar-refractivity contribution in [2.24, 2.45) is 0 Å². The molecule has 0 aliphatic heterocycles. The molecule has 3 nitrogen and oxygen atoms in total. The number of hydrogen-bond acceptors (Lipinski definition) is 2. The Morgan fingerprint density at radius 1 is 0.926 bits per heavy atom. The van der Waals surface area contributed by atoms with Crippen LogP contribution >= 0.6 is 0 Å². The van der Waals surface area contributed by atoms with Gasteiger partial charge in [0, 0.05) is 13.5 Å². The lowest BCUT2D eigenvalue weighted by atomic mass is 10.0. The first-order chi connectivity index (χ1) is 13.2. The van der Waals surface area contributed by atoms with E-state index in [1.165, 1.54) is 21.9 Å². The van der Waals surface area contributed by atoms with E-state index in [0.29, 0.717) is 6.54 Å². The van der Waals surface area contributed by atoms with Crippen molar-refractivity contribution in [2.45, 2.75) is 32.6 Å². The molecular formula is C24H27NO2. The molecule has 0 aliphatic carbocycles. The van der Waals surface area contributed by atoms with Crippen LogP contribution in [0.2, 0.25) is 0 Å². The van der Waals surface area contributed by atoms with E-state index in [1.807, 2.05) is 6.07 Å². The van der Waals surface area contributed by atoms with Crippen LogP contribution in [0.3, 0.4) is 0 Å². The van der Waals surface area contributed by atoms with Crippen LogP contribution in [0.15, 0.2) is 66.7 Å². The molecule has 1 N–H and O–H groups in total. The number of unbranched alkanes of at least 4 members (excludes halogenated alkanes) is 1. The van der Waals surface area contributed by atoms with Crippen LogP contribution in [-0.4, -0.2) is 19.1 Å². The lowest BCUT2D eigenvalue weighted by molar-refractivity contribution is -0.118. The zero-order valence-electron chi connectivity index (χ0n) is 15.9. The lowest BCUT2D eigenvalue weighted by Gasteiger charge is -2.11. The maximum Gasteiger partial charge on any atom is 0.216 e. The molecule has 27 heavy (non-hydrogen) atoms. The normalized spacial score (nSPS) is 10.7. The zero-order chi connectivity index (χ0) is 18.9. The maximum atomic E-state index is 11.1. The fourth-order valence-electron chi connectivity index (χ4n) is 3.26. The quantitative estimate of drug-likeness (QED) is 0.549. The molecule has 3 heteroatoms. The number of benzene rings is 3. The highest BCUT2D eigenvalue weighted by Gasteiger charge is 2.04. The number of amides is 1. The van der Waals surface area contributed by atoms with Crippen molar-refractivity contribution in [1.29, 1.82) is 0 Å². The van der Waals surface area contributed by atoms with E-state index in [4.69, 9.17) is 4.74 Å². The van der Waals surface area contributed by atoms with Crippen LogP contribution in [-0.2, 0) is 17.6 Å². The number of aryl methyl sites for hydroxylation is 1. The molecule has 3 aromatic rings. The van der Waals surface area contributed by atoms with Gasteiger partial charge in [0.2, 0.25) is 5.91 Å². The van der Waals surface area contributed by atoms with Gasteiger partial charge in [0.15, 0.2) is 0 Å². The van der Waals surface area contributed by atoms with Gasteiger partial charge >= 0.3 is 0 Å². The monoisotopic (exact) mass is 361 g/mol. The fourth-order valence-corrected chi connectivity index (χ4v) is 3.26. The summed E-state index contributed by atoms with van der Waals surface area (Å²) >= 11 is 0. The molecule has 3 aromatic carbocycles. The van der Waals surface area contributed by atoms with Gasteiger partial charge < -0.3 is 10.1 Å². The second-order valence-corrected chi connectivity index (χ2v) is 6.82. The Labute approximate surface area is 161 Å². The summed E-state index contributed by atoms with van der Waals surface area (Å²) in [6.07, 6.45) is 4.07. The molecule has 0 saturated heterocycles. The van der Waals surface area contributed by atoms with Gasteiger partial charge in [-0.05, 0) is 59.7 Å². The number of nitrogens with one attached hydrogen (secondary N) is 1. The van der Waals surface area contributed by atoms with Gasteiger partial charge in [-0.25, -0.2) is 0 Å². The summed E-state index contributed by atoms with van der Waals surface area (Å²) in [5.41, 5.74) is 2.61. The highest BCUT2D eigenvalue weighted by atomic mass is 16.5. The molecular weight excluding hydrogens is 334 g/mol. The largest absolute Gasteiger partial charge is 0.494 e. The van der Waals surface area contributed by atoms with Crippen molar-refractivity contribution in [3.63, 3.8) is 0 Å². The summed E-state index contributed by atoms with van der Waals surface area (Å²) in [7, 11) is 0. The van der Waals surface area contributed by atoms with Crippen molar-refractivity contribution in [2.75, 3.05) is 13.2 Å². The summed E-state index contributed by atoms with van der Waals surface area (Å²) in [6.45, 7) is 2.93. The predicted octanol–water partition coefficient (Wildman–Crippen LogP) is 4.92. The maximum absolute atomic E-state index is 11.1. The Morgan fingerprint density at radius 3 is 2.59 bits per heavy atom. The molecule has 0 aromatic heterocycles. The molecule has 140 valence electrons. The summed E-state index contributed by atoms with van der Waals surface area (Å²) < 4.78 is 5.98. The van der Waals surface area contributed by atoms with Crippen LogP contribution in [0.1, 0.15) is 30.9 Å². The van der Waals surface area contributed by atoms with E-state index in [2.05, 4.69) is 66.0 Å². The minimum atomic E-state index is 0.00904. The molecule has 0 bridgehead atoms. The van der Waals surface area contributed by atoms with Crippen LogP contribution in [0.25, 0.3) is 10.8 Å². The summed E-state index contributed by atoms with van der Waals surface area (Å²) in [5.74, 6) is 0.920. The predicted molar refractivity (Wildman–Crippen MR) is 111 cm³/mol. The number of carbonyl (C=O) groups is 1. The van der Waals surface area contributed by atoms with Crippen molar-refractivity contribution >= 4 is 16.7 Å². The van der Waals surface area contributed by atoms with Gasteiger partial charge in [0.05, 0.1) is 6.61 Å². The molecule has 0 fully saturated rings. The van der Waals surface area contributed by atoms with Gasteiger partial charge in [0.1, 0.15) is 5.75 Å². The van der Waals surface area contributed by atoms with Gasteiger partial charge in [0.25, 0.3) is 0 Å². The molecule has 0 unspecified atom stereocenters. The Morgan fingerprint density at radius 2 is 1.78 bits per heavy atom. The van der Waals surface area contributed by atoms with E-state index in [0.717, 1.165) is 38.0 Å². The minimum Gasteiger partial charge on any atom is -0.494 e. The van der Waals surface area contributed by atoms with Crippen molar-refractivity contribution in [1.82, 2.24) is 5.32 Å². The highest BCUT2D eigenvalue weighted by Crippen LogP contribution is 2.24. The molecule has 0 atom stereocenters. The zero-order valence-corrected chi connectivity index (χ0v) is 15.9. The number of hydrogen-bond donors (Lipinski definition) is 1. The Kier molecular flexibility index (Phi) is 6.86. The third-order valence-corrected chi connectivity index (χ3v) is 4.68. The summed E-state index contributed by atoms with van der Waals surface area (Å²) in [5, 5.41) is 5.26. The molecule has 1 amide bonds. The van der Waals surface area contributed by atoms with Crippen LogP contribution in [0.5, 0.6) is 5.75 Å². The van der Waals surface area contributed by atoms with Gasteiger partial charge in [-0.3, -0.25) is 4.79 Å². The van der Waals surface area contributed by atoms with Crippen LogP contribution in [0.4, 0.5) is 0 Å². The first-order valence-corrected chi connectivity index (χ1v) is 9.65. The molecule has 3 rings (SSSR count). The number of carbonyl (C=O) groups excluding carboxylic acids is 1. The molecule has 0 radical (unpaired) electrons. The Hall–Kier alpha value is -2.81. The molecule has 0 aliphatic rings. The summed E-state index contributed by atoms with van der Waals surface area (Å²) in [6, 6.07) is 23.1. The standard InChI is InChI=1S/C24H27NO2/c1-19(26)25-16-15-22-12-7-11-21-13-14-23(18-24(21)22)27-17-6-5-10-20-8-3-2-4-9-20/h2-4,7-9,11-14,18H,5-6,10,15-17H2,1H3,(H,25,26). The average molecular weight is 361 g/mol. The minimum absolute atomic E-state index is 0.00904. The number of rotatable bonds is 9. The first kappa shape index (κ1) is 19.0. The SMILES string of the molecule is CC(=O)NCCc1cccc2ccc(OCCCCc3ccccc3)cc12. The molecule has 0 saturated carbocycles. The van der Waals surface area contributed by atoms with E-state index in [1.54, 1.807) is 6.92 Å². The van der Waals surface area contributed by atoms with Gasteiger partial charge in [-0.2, -0.15) is 0 Å².